The Hall–Kier alpha value is 1.42. The number of hydrogen-bond acceptors (Lipinski definition) is 2. The van der Waals surface area contributed by atoms with Crippen molar-refractivity contribution in [3.8, 4) is 0 Å². The normalized spacial score (nSPS) is 13.0. The first-order chi connectivity index (χ1) is 10.7. The van der Waals surface area contributed by atoms with Crippen LogP contribution in [-0.2, 0) is 9.47 Å². The Morgan fingerprint density at radius 3 is 2.04 bits per heavy atom. The number of halogens is 1. The van der Waals surface area contributed by atoms with Crippen molar-refractivity contribution in [2.45, 2.75) is 91.9 Å². The topological polar surface area (TPSA) is 18.5 Å². The molecule has 0 aromatic heterocycles. The van der Waals surface area contributed by atoms with Gasteiger partial charge in [-0.15, -0.1) is 0 Å². The van der Waals surface area contributed by atoms with Gasteiger partial charge in [0.2, 0.25) is 0 Å². The van der Waals surface area contributed by atoms with Gasteiger partial charge in [0.05, 0.1) is 0 Å². The summed E-state index contributed by atoms with van der Waals surface area (Å²) < 4.78 is 11.1. The number of rotatable bonds is 17. The molecule has 4 heteroatoms. The maximum Gasteiger partial charge on any atom is 2.00 e. The molecule has 0 rings (SSSR count). The summed E-state index contributed by atoms with van der Waals surface area (Å²) in [7, 11) is 0. The summed E-state index contributed by atoms with van der Waals surface area (Å²) >= 11 is 0. The first-order valence-electron chi connectivity index (χ1n) is 9.64. The van der Waals surface area contributed by atoms with Crippen LogP contribution in [0.3, 0.4) is 0 Å². The van der Waals surface area contributed by atoms with Crippen LogP contribution in [0.2, 0.25) is 0 Å². The van der Waals surface area contributed by atoms with Crippen LogP contribution in [0.1, 0.15) is 91.9 Å². The van der Waals surface area contributed by atoms with Crippen LogP contribution in [0.4, 0.5) is 0 Å². The molecule has 2 unspecified atom stereocenters. The van der Waals surface area contributed by atoms with Gasteiger partial charge in [-0.2, -0.15) is 13.3 Å². The number of hydrogen-bond donors (Lipinski definition) is 0. The molecule has 0 aliphatic carbocycles. The predicted molar refractivity (Wildman–Crippen MR) is 103 cm³/mol. The van der Waals surface area contributed by atoms with Crippen molar-refractivity contribution in [2.24, 2.45) is 11.8 Å². The van der Waals surface area contributed by atoms with Gasteiger partial charge >= 0.3 is 23.1 Å². The minimum absolute atomic E-state index is 0. The summed E-state index contributed by atoms with van der Waals surface area (Å²) in [6.07, 6.45) is 15.2. The van der Waals surface area contributed by atoms with Gasteiger partial charge in [-0.05, 0) is 25.2 Å². The summed E-state index contributed by atoms with van der Waals surface area (Å²) in [5, 5.41) is 0. The van der Waals surface area contributed by atoms with Crippen molar-refractivity contribution >= 4 is 23.1 Å². The number of unbranched alkanes of at least 4 members (excludes halogenated alkanes) is 5. The van der Waals surface area contributed by atoms with E-state index < -0.39 is 0 Å². The van der Waals surface area contributed by atoms with E-state index in [1.807, 2.05) is 0 Å². The molecule has 0 N–H and O–H groups in total. The standard InChI is InChI=1S/C20H41O2.HI.Mg/c1-5-7-8-9-10-11-15-21-18-22-16-12-14-20(4)17-19(3)13-6-2;;/h6,19-20H,5,7-18H2,1-4H3;1H;/q-1;;+2/p-1. The Morgan fingerprint density at radius 1 is 0.833 bits per heavy atom. The summed E-state index contributed by atoms with van der Waals surface area (Å²) in [5.74, 6) is 1.63. The van der Waals surface area contributed by atoms with E-state index in [0.29, 0.717) is 6.79 Å². The summed E-state index contributed by atoms with van der Waals surface area (Å²) in [5.41, 5.74) is 0. The number of ether oxygens (including phenoxy) is 2. The van der Waals surface area contributed by atoms with E-state index in [2.05, 4.69) is 34.1 Å². The first-order valence-corrected chi connectivity index (χ1v) is 9.64. The molecular formula is C20H41IMgO2. The summed E-state index contributed by atoms with van der Waals surface area (Å²) in [4.78, 5) is 0. The zero-order chi connectivity index (χ0) is 16.5. The third kappa shape index (κ3) is 23.4. The van der Waals surface area contributed by atoms with Crippen molar-refractivity contribution in [1.29, 1.82) is 0 Å². The third-order valence-electron chi connectivity index (χ3n) is 4.24. The zero-order valence-electron chi connectivity index (χ0n) is 16.8. The van der Waals surface area contributed by atoms with Crippen molar-refractivity contribution in [3.05, 3.63) is 6.42 Å². The Kier molecular flexibility index (Phi) is 30.7. The average Bonchev–Trinajstić information content (AvgIpc) is 2.48. The molecule has 0 aliphatic heterocycles. The Labute approximate surface area is 185 Å². The molecule has 2 nitrogen and oxygen atoms in total. The van der Waals surface area contributed by atoms with Gasteiger partial charge in [0.15, 0.2) is 0 Å². The summed E-state index contributed by atoms with van der Waals surface area (Å²) in [6, 6.07) is 0. The van der Waals surface area contributed by atoms with Crippen LogP contribution in [0.5, 0.6) is 0 Å². The van der Waals surface area contributed by atoms with Gasteiger partial charge in [-0.25, -0.2) is 0 Å². The van der Waals surface area contributed by atoms with Crippen LogP contribution in [0.15, 0.2) is 0 Å². The van der Waals surface area contributed by atoms with Gasteiger partial charge in [0, 0.05) is 13.2 Å². The van der Waals surface area contributed by atoms with Gasteiger partial charge in [0.25, 0.3) is 0 Å². The van der Waals surface area contributed by atoms with E-state index in [0.717, 1.165) is 31.5 Å². The van der Waals surface area contributed by atoms with Crippen LogP contribution in [0.25, 0.3) is 0 Å². The molecule has 24 heavy (non-hydrogen) atoms. The van der Waals surface area contributed by atoms with Crippen molar-refractivity contribution in [2.75, 3.05) is 20.0 Å². The average molecular weight is 465 g/mol. The maximum atomic E-state index is 5.55. The molecule has 0 aromatic carbocycles. The third-order valence-corrected chi connectivity index (χ3v) is 4.24. The van der Waals surface area contributed by atoms with Gasteiger partial charge in [0.1, 0.15) is 6.79 Å². The second-order valence-corrected chi connectivity index (χ2v) is 6.93. The van der Waals surface area contributed by atoms with E-state index in [4.69, 9.17) is 9.47 Å². The zero-order valence-corrected chi connectivity index (χ0v) is 20.4. The molecule has 0 aliphatic rings. The van der Waals surface area contributed by atoms with Crippen LogP contribution >= 0.6 is 0 Å². The molecule has 0 bridgehead atoms. The molecule has 0 saturated heterocycles. The van der Waals surface area contributed by atoms with E-state index >= 15 is 0 Å². The smallest absolute Gasteiger partial charge is 1.00 e. The molecule has 0 fully saturated rings. The van der Waals surface area contributed by atoms with Gasteiger partial charge in [-0.3, -0.25) is 0 Å². The van der Waals surface area contributed by atoms with E-state index in [1.54, 1.807) is 0 Å². The summed E-state index contributed by atoms with van der Waals surface area (Å²) in [6.45, 7) is 11.3. The van der Waals surface area contributed by atoms with Crippen LogP contribution in [0, 0.1) is 18.3 Å². The molecule has 0 spiro atoms. The largest absolute Gasteiger partial charge is 2.00 e. The van der Waals surface area contributed by atoms with Crippen molar-refractivity contribution < 1.29 is 33.5 Å². The van der Waals surface area contributed by atoms with Crippen molar-refractivity contribution in [3.63, 3.8) is 0 Å². The van der Waals surface area contributed by atoms with Crippen LogP contribution < -0.4 is 24.0 Å². The molecule has 0 radical (unpaired) electrons. The molecule has 0 aromatic rings. The SMILES string of the molecule is C[CH-]CC(C)CC(C)CCCOCOCCCCCCCC.[I-].[Mg+2]. The minimum atomic E-state index is 0. The Balaban J connectivity index is -0.00000220. The van der Waals surface area contributed by atoms with E-state index in [9.17, 15) is 0 Å². The molecule has 2 atom stereocenters. The van der Waals surface area contributed by atoms with Gasteiger partial charge in [-0.1, -0.05) is 65.2 Å². The quantitative estimate of drug-likeness (QED) is 0.108. The van der Waals surface area contributed by atoms with Crippen molar-refractivity contribution in [1.82, 2.24) is 0 Å². The fourth-order valence-electron chi connectivity index (χ4n) is 3.00. The maximum absolute atomic E-state index is 5.55. The fourth-order valence-corrected chi connectivity index (χ4v) is 3.00. The Bertz CT molecular complexity index is 218. The minimum Gasteiger partial charge on any atom is -1.00 e. The molecule has 0 heterocycles. The Morgan fingerprint density at radius 2 is 1.42 bits per heavy atom. The fraction of sp³-hybridized carbons (Fsp3) is 0.950. The predicted octanol–water partition coefficient (Wildman–Crippen LogP) is 3.02. The molecule has 0 amide bonds. The second-order valence-electron chi connectivity index (χ2n) is 6.93. The van der Waals surface area contributed by atoms with E-state index in [-0.39, 0.29) is 47.0 Å². The molecular weight excluding hydrogens is 423 g/mol. The molecule has 0 saturated carbocycles. The van der Waals surface area contributed by atoms with E-state index in [1.165, 1.54) is 57.8 Å². The first kappa shape index (κ1) is 30.2. The monoisotopic (exact) mass is 464 g/mol. The molecule has 142 valence electrons. The second kappa shape index (κ2) is 24.4. The van der Waals surface area contributed by atoms with Gasteiger partial charge < -0.3 is 39.9 Å². The van der Waals surface area contributed by atoms with Crippen LogP contribution in [-0.4, -0.2) is 43.1 Å².